The van der Waals surface area contributed by atoms with Crippen molar-refractivity contribution in [2.24, 2.45) is 5.73 Å². The van der Waals surface area contributed by atoms with Gasteiger partial charge in [-0.05, 0) is 24.0 Å². The summed E-state index contributed by atoms with van der Waals surface area (Å²) in [5.41, 5.74) is 9.19. The first-order valence-electron chi connectivity index (χ1n) is 8.40. The van der Waals surface area contributed by atoms with Crippen LogP contribution in [-0.4, -0.2) is 17.0 Å². The van der Waals surface area contributed by atoms with Gasteiger partial charge in [-0.15, -0.1) is 0 Å². The minimum absolute atomic E-state index is 0.307. The maximum absolute atomic E-state index is 6.45. The van der Waals surface area contributed by atoms with Crippen LogP contribution in [0.1, 0.15) is 36.8 Å². The van der Waals surface area contributed by atoms with Crippen LogP contribution in [0.3, 0.4) is 0 Å². The first-order valence-corrected chi connectivity index (χ1v) is 8.40. The SMILES string of the molecule is N[C@H]1CCCC[C@@H]1N(Cc1ccccc1)Cc1ccccc1. The third-order valence-corrected chi connectivity index (χ3v) is 4.71. The van der Waals surface area contributed by atoms with Gasteiger partial charge in [-0.3, -0.25) is 4.90 Å². The van der Waals surface area contributed by atoms with Gasteiger partial charge in [-0.2, -0.15) is 0 Å². The first-order chi connectivity index (χ1) is 10.8. The van der Waals surface area contributed by atoms with Crippen molar-refractivity contribution in [2.75, 3.05) is 0 Å². The number of benzene rings is 2. The topological polar surface area (TPSA) is 29.3 Å². The van der Waals surface area contributed by atoms with Crippen LogP contribution >= 0.6 is 0 Å². The highest BCUT2D eigenvalue weighted by atomic mass is 15.2. The van der Waals surface area contributed by atoms with Crippen molar-refractivity contribution in [1.29, 1.82) is 0 Å². The molecular weight excluding hydrogens is 268 g/mol. The summed E-state index contributed by atoms with van der Waals surface area (Å²) in [6.07, 6.45) is 4.96. The summed E-state index contributed by atoms with van der Waals surface area (Å²) >= 11 is 0. The predicted octanol–water partition coefficient (Wildman–Crippen LogP) is 3.96. The molecule has 0 bridgehead atoms. The van der Waals surface area contributed by atoms with E-state index >= 15 is 0 Å². The summed E-state index contributed by atoms with van der Waals surface area (Å²) in [5.74, 6) is 0. The van der Waals surface area contributed by atoms with Crippen LogP contribution < -0.4 is 5.73 Å². The maximum atomic E-state index is 6.45. The summed E-state index contributed by atoms with van der Waals surface area (Å²) in [7, 11) is 0. The van der Waals surface area contributed by atoms with E-state index in [1.807, 2.05) is 0 Å². The second kappa shape index (κ2) is 7.57. The van der Waals surface area contributed by atoms with Crippen LogP contribution in [0.25, 0.3) is 0 Å². The zero-order valence-electron chi connectivity index (χ0n) is 13.2. The second-order valence-electron chi connectivity index (χ2n) is 6.39. The lowest BCUT2D eigenvalue weighted by molar-refractivity contribution is 0.122. The highest BCUT2D eigenvalue weighted by Gasteiger charge is 2.27. The molecular formula is C20H26N2. The monoisotopic (exact) mass is 294 g/mol. The minimum Gasteiger partial charge on any atom is -0.326 e. The molecule has 0 radical (unpaired) electrons. The predicted molar refractivity (Wildman–Crippen MR) is 92.4 cm³/mol. The smallest absolute Gasteiger partial charge is 0.0254 e. The highest BCUT2D eigenvalue weighted by molar-refractivity contribution is 5.17. The molecule has 0 amide bonds. The molecule has 1 aliphatic rings. The van der Waals surface area contributed by atoms with E-state index in [0.717, 1.165) is 19.5 Å². The Hall–Kier alpha value is -1.64. The molecule has 2 N–H and O–H groups in total. The Kier molecular flexibility index (Phi) is 5.25. The molecule has 0 heterocycles. The fraction of sp³-hybridized carbons (Fsp3) is 0.400. The molecule has 1 aliphatic carbocycles. The highest BCUT2D eigenvalue weighted by Crippen LogP contribution is 2.25. The van der Waals surface area contributed by atoms with Gasteiger partial charge in [-0.25, -0.2) is 0 Å². The molecule has 1 fully saturated rings. The van der Waals surface area contributed by atoms with E-state index in [9.17, 15) is 0 Å². The molecule has 22 heavy (non-hydrogen) atoms. The molecule has 2 aromatic rings. The molecule has 0 aromatic heterocycles. The van der Waals surface area contributed by atoms with Gasteiger partial charge in [0.05, 0.1) is 0 Å². The molecule has 0 spiro atoms. The van der Waals surface area contributed by atoms with E-state index in [0.29, 0.717) is 12.1 Å². The van der Waals surface area contributed by atoms with Gasteiger partial charge < -0.3 is 5.73 Å². The van der Waals surface area contributed by atoms with Crippen LogP contribution in [0.2, 0.25) is 0 Å². The number of nitrogens with two attached hydrogens (primary N) is 1. The van der Waals surface area contributed by atoms with Gasteiger partial charge in [0.15, 0.2) is 0 Å². The summed E-state index contributed by atoms with van der Waals surface area (Å²) in [6, 6.07) is 22.3. The van der Waals surface area contributed by atoms with E-state index in [1.165, 1.54) is 30.4 Å². The molecule has 2 atom stereocenters. The molecule has 0 unspecified atom stereocenters. The van der Waals surface area contributed by atoms with Gasteiger partial charge in [0.1, 0.15) is 0 Å². The molecule has 2 heteroatoms. The Labute approximate surface area is 134 Å². The zero-order valence-corrected chi connectivity index (χ0v) is 13.2. The van der Waals surface area contributed by atoms with E-state index in [1.54, 1.807) is 0 Å². The van der Waals surface area contributed by atoms with Gasteiger partial charge >= 0.3 is 0 Å². The Bertz CT molecular complexity index is 511. The number of hydrogen-bond donors (Lipinski definition) is 1. The first kappa shape index (κ1) is 15.3. The van der Waals surface area contributed by atoms with Crippen molar-refractivity contribution in [2.45, 2.75) is 50.9 Å². The molecule has 2 aromatic carbocycles. The van der Waals surface area contributed by atoms with E-state index in [-0.39, 0.29) is 0 Å². The number of hydrogen-bond acceptors (Lipinski definition) is 2. The summed E-state index contributed by atoms with van der Waals surface area (Å²) in [5, 5.41) is 0. The lowest BCUT2D eigenvalue weighted by Gasteiger charge is -2.38. The lowest BCUT2D eigenvalue weighted by atomic mass is 9.89. The van der Waals surface area contributed by atoms with Crippen molar-refractivity contribution in [3.63, 3.8) is 0 Å². The van der Waals surface area contributed by atoms with E-state index < -0.39 is 0 Å². The van der Waals surface area contributed by atoms with Crippen molar-refractivity contribution in [3.05, 3.63) is 71.8 Å². The number of nitrogens with zero attached hydrogens (tertiary/aromatic N) is 1. The Morgan fingerprint density at radius 3 is 1.77 bits per heavy atom. The van der Waals surface area contributed by atoms with Crippen molar-refractivity contribution < 1.29 is 0 Å². The summed E-state index contributed by atoms with van der Waals surface area (Å²) < 4.78 is 0. The summed E-state index contributed by atoms with van der Waals surface area (Å²) in [6.45, 7) is 1.96. The molecule has 2 nitrogen and oxygen atoms in total. The maximum Gasteiger partial charge on any atom is 0.0254 e. The average Bonchev–Trinajstić information content (AvgIpc) is 2.57. The fourth-order valence-electron chi connectivity index (χ4n) is 3.52. The Balaban J connectivity index is 1.78. The average molecular weight is 294 g/mol. The van der Waals surface area contributed by atoms with Gasteiger partial charge in [0.2, 0.25) is 0 Å². The molecule has 0 aliphatic heterocycles. The van der Waals surface area contributed by atoms with Gasteiger partial charge in [0.25, 0.3) is 0 Å². The zero-order chi connectivity index (χ0) is 15.2. The van der Waals surface area contributed by atoms with Crippen LogP contribution in [0.4, 0.5) is 0 Å². The molecule has 3 rings (SSSR count). The van der Waals surface area contributed by atoms with Crippen LogP contribution in [-0.2, 0) is 13.1 Å². The number of rotatable bonds is 5. The van der Waals surface area contributed by atoms with Crippen molar-refractivity contribution in [3.8, 4) is 0 Å². The van der Waals surface area contributed by atoms with Crippen LogP contribution in [0.15, 0.2) is 60.7 Å². The molecule has 116 valence electrons. The third-order valence-electron chi connectivity index (χ3n) is 4.71. The fourth-order valence-corrected chi connectivity index (χ4v) is 3.52. The Morgan fingerprint density at radius 2 is 1.27 bits per heavy atom. The van der Waals surface area contributed by atoms with E-state index in [4.69, 9.17) is 5.73 Å². The molecule has 0 saturated heterocycles. The Morgan fingerprint density at radius 1 is 0.773 bits per heavy atom. The van der Waals surface area contributed by atoms with E-state index in [2.05, 4.69) is 65.6 Å². The second-order valence-corrected chi connectivity index (χ2v) is 6.39. The van der Waals surface area contributed by atoms with Gasteiger partial charge in [-0.1, -0.05) is 73.5 Å². The summed E-state index contributed by atoms with van der Waals surface area (Å²) in [4.78, 5) is 2.58. The minimum atomic E-state index is 0.307. The van der Waals surface area contributed by atoms with Crippen molar-refractivity contribution in [1.82, 2.24) is 4.90 Å². The lowest BCUT2D eigenvalue weighted by Crippen LogP contribution is -2.48. The largest absolute Gasteiger partial charge is 0.326 e. The molecule has 1 saturated carbocycles. The normalized spacial score (nSPS) is 21.9. The third kappa shape index (κ3) is 3.96. The van der Waals surface area contributed by atoms with Crippen LogP contribution in [0.5, 0.6) is 0 Å². The van der Waals surface area contributed by atoms with Crippen molar-refractivity contribution >= 4 is 0 Å². The standard InChI is InChI=1S/C20H26N2/c21-19-13-7-8-14-20(19)22(15-17-9-3-1-4-10-17)16-18-11-5-2-6-12-18/h1-6,9-12,19-20H,7-8,13-16,21H2/t19-,20-/m0/s1. The quantitative estimate of drug-likeness (QED) is 0.904. The van der Waals surface area contributed by atoms with Crippen LogP contribution in [0, 0.1) is 0 Å². The van der Waals surface area contributed by atoms with Gasteiger partial charge in [0, 0.05) is 25.2 Å².